The zero-order valence-electron chi connectivity index (χ0n) is 10.5. The van der Waals surface area contributed by atoms with Gasteiger partial charge in [0, 0.05) is 9.26 Å². The Morgan fingerprint density at radius 3 is 2.31 bits per heavy atom. The minimum absolute atomic E-state index is 0.530. The molecule has 0 spiro atoms. The van der Waals surface area contributed by atoms with Crippen LogP contribution in [0.4, 0.5) is 5.82 Å². The number of hydrogen-bond donors (Lipinski definition) is 1. The van der Waals surface area contributed by atoms with Crippen LogP contribution >= 0.6 is 22.6 Å². The van der Waals surface area contributed by atoms with Crippen LogP contribution in [0.1, 0.15) is 33.4 Å². The molecule has 2 N–H and O–H groups in total. The first-order valence-electron chi connectivity index (χ1n) is 5.44. The van der Waals surface area contributed by atoms with E-state index in [1.165, 1.54) is 6.33 Å². The van der Waals surface area contributed by atoms with Crippen LogP contribution in [0.5, 0.6) is 0 Å². The first-order chi connectivity index (χ1) is 7.70. The third kappa shape index (κ3) is 3.07. The number of hydrogen-bond acceptors (Lipinski definition) is 3. The van der Waals surface area contributed by atoms with E-state index in [0.717, 1.165) is 14.8 Å². The second-order valence-electron chi connectivity index (χ2n) is 2.54. The van der Waals surface area contributed by atoms with E-state index in [0.29, 0.717) is 5.82 Å². The minimum Gasteiger partial charge on any atom is -0.382 e. The van der Waals surface area contributed by atoms with Gasteiger partial charge in [0.1, 0.15) is 11.8 Å². The van der Waals surface area contributed by atoms with Crippen molar-refractivity contribution in [2.75, 3.05) is 5.73 Å². The van der Waals surface area contributed by atoms with Crippen molar-refractivity contribution in [3.8, 4) is 0 Å². The van der Waals surface area contributed by atoms with Crippen molar-refractivity contribution in [3.63, 3.8) is 0 Å². The van der Waals surface area contributed by atoms with Gasteiger partial charge in [0.15, 0.2) is 5.82 Å². The molecule has 5 heteroatoms. The standard InChI is InChI=1S/C7H7IN4.2C2H6/c1-4-2-5(8)6-7(9)10-3-11-12(4)6;2*1-2/h2-3H,1H3,(H2,9,10,11);2*1-2H3. The zero-order valence-corrected chi connectivity index (χ0v) is 12.6. The Labute approximate surface area is 110 Å². The van der Waals surface area contributed by atoms with E-state index in [1.807, 2.05) is 40.7 Å². The van der Waals surface area contributed by atoms with E-state index in [2.05, 4.69) is 32.7 Å². The Kier molecular flexibility index (Phi) is 7.03. The number of aryl methyl sites for hydroxylation is 1. The van der Waals surface area contributed by atoms with Gasteiger partial charge in [-0.3, -0.25) is 0 Å². The van der Waals surface area contributed by atoms with Crippen LogP contribution < -0.4 is 5.73 Å². The molecule has 0 aromatic carbocycles. The van der Waals surface area contributed by atoms with Crippen LogP contribution in [0, 0.1) is 10.5 Å². The quantitative estimate of drug-likeness (QED) is 0.752. The van der Waals surface area contributed by atoms with Crippen LogP contribution in [0.15, 0.2) is 12.4 Å². The molecule has 90 valence electrons. The first kappa shape index (κ1) is 15.2. The van der Waals surface area contributed by atoms with Gasteiger partial charge in [-0.1, -0.05) is 27.7 Å². The number of rotatable bonds is 0. The third-order valence-electron chi connectivity index (χ3n) is 1.71. The van der Waals surface area contributed by atoms with E-state index in [4.69, 9.17) is 5.73 Å². The molecule has 0 saturated heterocycles. The first-order valence-corrected chi connectivity index (χ1v) is 6.52. The Balaban J connectivity index is 0.000000509. The molecular weight excluding hydrogens is 315 g/mol. The summed E-state index contributed by atoms with van der Waals surface area (Å²) in [4.78, 5) is 3.92. The summed E-state index contributed by atoms with van der Waals surface area (Å²) < 4.78 is 2.88. The molecule has 0 amide bonds. The molecule has 0 aliphatic rings. The van der Waals surface area contributed by atoms with Crippen LogP contribution in [0.3, 0.4) is 0 Å². The lowest BCUT2D eigenvalue weighted by atomic mass is 10.5. The number of halogens is 1. The Hall–Kier alpha value is -0.850. The molecule has 0 saturated carbocycles. The van der Waals surface area contributed by atoms with Crippen LogP contribution in [0.2, 0.25) is 0 Å². The molecule has 0 radical (unpaired) electrons. The Morgan fingerprint density at radius 1 is 1.25 bits per heavy atom. The topological polar surface area (TPSA) is 56.2 Å². The maximum atomic E-state index is 5.69. The lowest BCUT2D eigenvalue weighted by molar-refractivity contribution is 0.875. The van der Waals surface area contributed by atoms with Crippen molar-refractivity contribution in [2.45, 2.75) is 34.6 Å². The summed E-state index contributed by atoms with van der Waals surface area (Å²) >= 11 is 2.22. The highest BCUT2D eigenvalue weighted by Crippen LogP contribution is 2.20. The molecule has 0 fully saturated rings. The van der Waals surface area contributed by atoms with E-state index in [1.54, 1.807) is 4.52 Å². The number of anilines is 1. The molecule has 2 aromatic heterocycles. The molecule has 0 bridgehead atoms. The van der Waals surface area contributed by atoms with Crippen molar-refractivity contribution < 1.29 is 0 Å². The van der Waals surface area contributed by atoms with Crippen molar-refractivity contribution in [2.24, 2.45) is 0 Å². The fraction of sp³-hybridized carbons (Fsp3) is 0.455. The highest BCUT2D eigenvalue weighted by Gasteiger charge is 2.07. The second kappa shape index (κ2) is 7.43. The summed E-state index contributed by atoms with van der Waals surface area (Å²) in [6.45, 7) is 9.99. The molecule has 0 aliphatic heterocycles. The van der Waals surface area contributed by atoms with Crippen LogP contribution in [-0.4, -0.2) is 14.6 Å². The van der Waals surface area contributed by atoms with Gasteiger partial charge in [-0.2, -0.15) is 5.10 Å². The summed E-state index contributed by atoms with van der Waals surface area (Å²) in [7, 11) is 0. The summed E-state index contributed by atoms with van der Waals surface area (Å²) in [6.07, 6.45) is 1.46. The van der Waals surface area contributed by atoms with Crippen molar-refractivity contribution in [3.05, 3.63) is 21.7 Å². The van der Waals surface area contributed by atoms with Gasteiger partial charge in [-0.25, -0.2) is 9.50 Å². The molecule has 2 heterocycles. The average Bonchev–Trinajstić information content (AvgIpc) is 2.61. The monoisotopic (exact) mass is 334 g/mol. The van der Waals surface area contributed by atoms with Gasteiger partial charge in [0.2, 0.25) is 0 Å². The van der Waals surface area contributed by atoms with Gasteiger partial charge in [-0.05, 0) is 35.6 Å². The fourth-order valence-corrected chi connectivity index (χ4v) is 2.13. The predicted octanol–water partition coefficient (Wildman–Crippen LogP) is 3.28. The van der Waals surface area contributed by atoms with Gasteiger partial charge < -0.3 is 5.73 Å². The maximum absolute atomic E-state index is 5.69. The third-order valence-corrected chi connectivity index (χ3v) is 2.54. The second-order valence-corrected chi connectivity index (χ2v) is 3.70. The predicted molar refractivity (Wildman–Crippen MR) is 77.5 cm³/mol. The Bertz CT molecular complexity index is 437. The van der Waals surface area contributed by atoms with E-state index in [9.17, 15) is 0 Å². The number of nitrogens with two attached hydrogens (primary N) is 1. The molecule has 0 atom stereocenters. The number of nitrogens with zero attached hydrogens (tertiary/aromatic N) is 3. The Morgan fingerprint density at radius 2 is 1.81 bits per heavy atom. The van der Waals surface area contributed by atoms with Crippen molar-refractivity contribution >= 4 is 33.9 Å². The van der Waals surface area contributed by atoms with Crippen LogP contribution in [-0.2, 0) is 0 Å². The SMILES string of the molecule is CC.CC.Cc1cc(I)c2c(N)ncnn12. The van der Waals surface area contributed by atoms with E-state index >= 15 is 0 Å². The summed E-state index contributed by atoms with van der Waals surface area (Å²) in [5, 5.41) is 4.08. The maximum Gasteiger partial charge on any atom is 0.152 e. The molecular formula is C11H19IN4. The zero-order chi connectivity index (χ0) is 12.7. The summed E-state index contributed by atoms with van der Waals surface area (Å²) in [6, 6.07) is 2.03. The van der Waals surface area contributed by atoms with E-state index in [-0.39, 0.29) is 0 Å². The highest BCUT2D eigenvalue weighted by molar-refractivity contribution is 14.1. The fourth-order valence-electron chi connectivity index (χ4n) is 1.17. The summed E-state index contributed by atoms with van der Waals surface area (Å²) in [5.41, 5.74) is 7.67. The molecule has 2 aromatic rings. The molecule has 16 heavy (non-hydrogen) atoms. The number of aromatic nitrogens is 3. The smallest absolute Gasteiger partial charge is 0.152 e. The van der Waals surface area contributed by atoms with Crippen molar-refractivity contribution in [1.82, 2.24) is 14.6 Å². The van der Waals surface area contributed by atoms with Crippen molar-refractivity contribution in [1.29, 1.82) is 0 Å². The van der Waals surface area contributed by atoms with Gasteiger partial charge in [0.05, 0.1) is 0 Å². The molecule has 2 rings (SSSR count). The lowest BCUT2D eigenvalue weighted by Gasteiger charge is -1.97. The molecule has 0 aliphatic carbocycles. The normalized spacial score (nSPS) is 8.88. The van der Waals surface area contributed by atoms with Gasteiger partial charge in [0.25, 0.3) is 0 Å². The minimum atomic E-state index is 0.530. The molecule has 4 nitrogen and oxygen atoms in total. The average molecular weight is 334 g/mol. The summed E-state index contributed by atoms with van der Waals surface area (Å²) in [5.74, 6) is 0.530. The number of nitrogen functional groups attached to an aromatic ring is 1. The number of fused-ring (bicyclic) bond motifs is 1. The van der Waals surface area contributed by atoms with Gasteiger partial charge in [-0.15, -0.1) is 0 Å². The lowest BCUT2D eigenvalue weighted by Crippen LogP contribution is -2.00. The highest BCUT2D eigenvalue weighted by atomic mass is 127. The van der Waals surface area contributed by atoms with Gasteiger partial charge >= 0.3 is 0 Å². The molecule has 0 unspecified atom stereocenters. The van der Waals surface area contributed by atoms with E-state index < -0.39 is 0 Å². The largest absolute Gasteiger partial charge is 0.382 e. The van der Waals surface area contributed by atoms with Crippen LogP contribution in [0.25, 0.3) is 5.52 Å².